The number of carbonyl (C=O) groups is 2. The van der Waals surface area contributed by atoms with Gasteiger partial charge in [-0.3, -0.25) is 19.6 Å². The van der Waals surface area contributed by atoms with E-state index >= 15 is 0 Å². The maximum Gasteiger partial charge on any atom is 0.337 e. The average Bonchev–Trinajstić information content (AvgIpc) is 2.91. The van der Waals surface area contributed by atoms with E-state index in [0.29, 0.717) is 33.6 Å². The minimum atomic E-state index is -0.428. The fourth-order valence-corrected chi connectivity index (χ4v) is 3.08. The Morgan fingerprint density at radius 3 is 1.39 bits per heavy atom. The predicted octanol–water partition coefficient (Wildman–Crippen LogP) is 2.47. The highest BCUT2D eigenvalue weighted by molar-refractivity contribution is 5.91. The van der Waals surface area contributed by atoms with E-state index in [4.69, 9.17) is 0 Å². The van der Waals surface area contributed by atoms with Gasteiger partial charge in [0, 0.05) is 62.1 Å². The van der Waals surface area contributed by atoms with Gasteiger partial charge in [-0.2, -0.15) is 0 Å². The van der Waals surface area contributed by atoms with Gasteiger partial charge in [-0.1, -0.05) is 0 Å². The molecule has 0 N–H and O–H groups in total. The minimum Gasteiger partial charge on any atom is -0.465 e. The first-order valence-electron chi connectivity index (χ1n) is 10.7. The zero-order valence-corrected chi connectivity index (χ0v) is 20.2. The van der Waals surface area contributed by atoms with Crippen molar-refractivity contribution in [2.45, 2.75) is 0 Å². The smallest absolute Gasteiger partial charge is 0.337 e. The van der Waals surface area contributed by atoms with E-state index in [1.54, 1.807) is 62.9 Å². The molecule has 0 aliphatic carbocycles. The number of carbonyl (C=O) groups excluding carboxylic acids is 2. The Kier molecular flexibility index (Phi) is 8.24. The molecule has 4 heterocycles. The van der Waals surface area contributed by atoms with Crippen LogP contribution in [0.25, 0.3) is 22.5 Å². The number of aromatic nitrogens is 4. The minimum absolute atomic E-state index is 0.127. The number of methoxy groups -OCH3 is 2. The van der Waals surface area contributed by atoms with E-state index in [2.05, 4.69) is 19.4 Å². The van der Waals surface area contributed by atoms with Gasteiger partial charge in [0.25, 0.3) is 11.1 Å². The molecule has 0 aliphatic rings. The lowest BCUT2D eigenvalue weighted by Gasteiger charge is -2.04. The van der Waals surface area contributed by atoms with Gasteiger partial charge in [-0.15, -0.1) is 0 Å². The molecule has 0 aromatic carbocycles. The van der Waals surface area contributed by atoms with Crippen molar-refractivity contribution in [2.24, 2.45) is 14.1 Å². The quantitative estimate of drug-likeness (QED) is 0.402. The molecule has 36 heavy (non-hydrogen) atoms. The van der Waals surface area contributed by atoms with Crippen molar-refractivity contribution in [2.75, 3.05) is 14.2 Å². The summed E-state index contributed by atoms with van der Waals surface area (Å²) in [6.07, 6.45) is 6.34. The average molecular weight is 489 g/mol. The van der Waals surface area contributed by atoms with Crippen LogP contribution in [0.4, 0.5) is 0 Å². The second-order valence-corrected chi connectivity index (χ2v) is 7.57. The zero-order chi connectivity index (χ0) is 26.2. The van der Waals surface area contributed by atoms with Gasteiger partial charge in [0.1, 0.15) is 0 Å². The molecule has 184 valence electrons. The number of rotatable bonds is 4. The number of esters is 2. The molecular formula is C26H24N4O6. The molecule has 0 unspecified atom stereocenters. The van der Waals surface area contributed by atoms with Crippen LogP contribution in [0.5, 0.6) is 0 Å². The van der Waals surface area contributed by atoms with Crippen molar-refractivity contribution < 1.29 is 19.1 Å². The highest BCUT2D eigenvalue weighted by atomic mass is 16.5. The molecule has 4 aromatic rings. The van der Waals surface area contributed by atoms with Gasteiger partial charge >= 0.3 is 11.9 Å². The number of nitrogens with zero attached hydrogens (tertiary/aromatic N) is 4. The Morgan fingerprint density at radius 1 is 0.667 bits per heavy atom. The number of aryl methyl sites for hydroxylation is 2. The van der Waals surface area contributed by atoms with Crippen molar-refractivity contribution in [1.29, 1.82) is 0 Å². The van der Waals surface area contributed by atoms with Crippen LogP contribution in [-0.4, -0.2) is 45.3 Å². The molecule has 4 aromatic heterocycles. The molecule has 0 bridgehead atoms. The third-order valence-corrected chi connectivity index (χ3v) is 5.16. The summed E-state index contributed by atoms with van der Waals surface area (Å²) in [6.45, 7) is 0. The lowest BCUT2D eigenvalue weighted by Crippen LogP contribution is -2.14. The van der Waals surface area contributed by atoms with Crippen LogP contribution in [0.1, 0.15) is 20.7 Å². The van der Waals surface area contributed by atoms with Crippen LogP contribution in [-0.2, 0) is 23.6 Å². The Labute approximate surface area is 206 Å². The van der Waals surface area contributed by atoms with Crippen LogP contribution in [0.2, 0.25) is 0 Å². The second-order valence-electron chi connectivity index (χ2n) is 7.57. The first-order valence-corrected chi connectivity index (χ1v) is 10.7. The van der Waals surface area contributed by atoms with Crippen molar-refractivity contribution in [3.8, 4) is 22.5 Å². The van der Waals surface area contributed by atoms with Crippen LogP contribution >= 0.6 is 0 Å². The molecule has 0 saturated carbocycles. The van der Waals surface area contributed by atoms with E-state index in [-0.39, 0.29) is 11.1 Å². The van der Waals surface area contributed by atoms with E-state index < -0.39 is 11.9 Å². The normalized spacial score (nSPS) is 10.1. The third-order valence-electron chi connectivity index (χ3n) is 5.16. The molecule has 0 radical (unpaired) electrons. The number of pyridine rings is 4. The summed E-state index contributed by atoms with van der Waals surface area (Å²) in [6, 6.07) is 12.8. The summed E-state index contributed by atoms with van der Waals surface area (Å²) in [5.41, 5.74) is 3.03. The molecule has 0 fully saturated rings. The molecule has 0 amide bonds. The summed E-state index contributed by atoms with van der Waals surface area (Å²) in [5, 5.41) is 0. The highest BCUT2D eigenvalue weighted by Gasteiger charge is 2.09. The Morgan fingerprint density at radius 2 is 1.06 bits per heavy atom. The van der Waals surface area contributed by atoms with Gasteiger partial charge in [0.15, 0.2) is 0 Å². The van der Waals surface area contributed by atoms with Gasteiger partial charge < -0.3 is 18.6 Å². The number of hydrogen-bond acceptors (Lipinski definition) is 8. The third kappa shape index (κ3) is 6.17. The van der Waals surface area contributed by atoms with Gasteiger partial charge in [-0.05, 0) is 36.4 Å². The van der Waals surface area contributed by atoms with Crippen molar-refractivity contribution in [3.63, 3.8) is 0 Å². The number of ether oxygens (including phenoxy) is 2. The maximum atomic E-state index is 11.5. The monoisotopic (exact) mass is 488 g/mol. The summed E-state index contributed by atoms with van der Waals surface area (Å²) in [5.74, 6) is -0.857. The summed E-state index contributed by atoms with van der Waals surface area (Å²) in [7, 11) is 5.98. The molecule has 10 heteroatoms. The lowest BCUT2D eigenvalue weighted by molar-refractivity contribution is 0.0592. The van der Waals surface area contributed by atoms with Crippen LogP contribution in [0, 0.1) is 0 Å². The molecule has 10 nitrogen and oxygen atoms in total. The largest absolute Gasteiger partial charge is 0.465 e. The van der Waals surface area contributed by atoms with E-state index in [1.165, 1.54) is 47.9 Å². The van der Waals surface area contributed by atoms with Crippen LogP contribution < -0.4 is 11.1 Å². The van der Waals surface area contributed by atoms with Crippen LogP contribution in [0.3, 0.4) is 0 Å². The lowest BCUT2D eigenvalue weighted by atomic mass is 10.1. The zero-order valence-electron chi connectivity index (χ0n) is 20.2. The van der Waals surface area contributed by atoms with E-state index in [9.17, 15) is 19.2 Å². The molecule has 0 spiro atoms. The van der Waals surface area contributed by atoms with Gasteiger partial charge in [0.2, 0.25) is 0 Å². The Bertz CT molecular complexity index is 1410. The van der Waals surface area contributed by atoms with Crippen molar-refractivity contribution >= 4 is 11.9 Å². The predicted molar refractivity (Wildman–Crippen MR) is 133 cm³/mol. The standard InChI is InChI=1S/2C13H12N2O3/c2*1-15-6-4-9(8-12(15)16)11-7-10(3-5-14-11)13(17)18-2/h2*3-8H,1-2H3. The first-order chi connectivity index (χ1) is 17.2. The second kappa shape index (κ2) is 11.5. The molecule has 0 saturated heterocycles. The molecule has 0 aliphatic heterocycles. The summed E-state index contributed by atoms with van der Waals surface area (Å²) < 4.78 is 12.2. The Hall–Kier alpha value is -4.86. The topological polar surface area (TPSA) is 122 Å². The highest BCUT2D eigenvalue weighted by Crippen LogP contribution is 2.17. The van der Waals surface area contributed by atoms with Gasteiger partial charge in [0.05, 0.1) is 36.7 Å². The molecular weight excluding hydrogens is 464 g/mol. The number of hydrogen-bond donors (Lipinski definition) is 0. The van der Waals surface area contributed by atoms with E-state index in [1.807, 2.05) is 0 Å². The van der Waals surface area contributed by atoms with Gasteiger partial charge in [-0.25, -0.2) is 9.59 Å². The molecule has 0 atom stereocenters. The SMILES string of the molecule is COC(=O)c1ccnc(-c2ccn(C)c(=O)c2)c1.COC(=O)c1ccnc(-c2ccn(C)c(=O)c2)c1. The fourth-order valence-electron chi connectivity index (χ4n) is 3.08. The van der Waals surface area contributed by atoms with E-state index in [0.717, 1.165) is 0 Å². The Balaban J connectivity index is 0.000000201. The maximum absolute atomic E-state index is 11.5. The van der Waals surface area contributed by atoms with Crippen LogP contribution in [0.15, 0.2) is 82.9 Å². The van der Waals surface area contributed by atoms with Crippen molar-refractivity contribution in [3.05, 3.63) is 105 Å². The fraction of sp³-hybridized carbons (Fsp3) is 0.154. The van der Waals surface area contributed by atoms with Crippen molar-refractivity contribution in [1.82, 2.24) is 19.1 Å². The first kappa shape index (κ1) is 25.8. The summed E-state index contributed by atoms with van der Waals surface area (Å²) in [4.78, 5) is 54.2. The molecule has 4 rings (SSSR count). The summed E-state index contributed by atoms with van der Waals surface area (Å²) >= 11 is 0.